The summed E-state index contributed by atoms with van der Waals surface area (Å²) in [6.45, 7) is 6.04. The number of alkyl carbamates (subject to hydrolysis) is 1. The highest BCUT2D eigenvalue weighted by Crippen LogP contribution is 2.21. The zero-order chi connectivity index (χ0) is 17.3. The summed E-state index contributed by atoms with van der Waals surface area (Å²) in [4.78, 5) is 11.5. The molecule has 0 heterocycles. The van der Waals surface area contributed by atoms with E-state index in [4.69, 9.17) is 19.8 Å². The highest BCUT2D eigenvalue weighted by molar-refractivity contribution is 5.67. The molecule has 0 atom stereocenters. The van der Waals surface area contributed by atoms with Crippen molar-refractivity contribution in [3.8, 4) is 11.8 Å². The van der Waals surface area contributed by atoms with Crippen LogP contribution in [-0.4, -0.2) is 36.6 Å². The lowest BCUT2D eigenvalue weighted by Gasteiger charge is -2.19. The Labute approximate surface area is 137 Å². The Hall–Kier alpha value is -2.26. The van der Waals surface area contributed by atoms with E-state index in [2.05, 4.69) is 11.4 Å². The molecule has 1 aromatic rings. The molecule has 0 aromatic heterocycles. The van der Waals surface area contributed by atoms with Crippen molar-refractivity contribution in [3.05, 3.63) is 29.3 Å². The minimum Gasteiger partial charge on any atom is -0.491 e. The van der Waals surface area contributed by atoms with Crippen molar-refractivity contribution in [2.75, 3.05) is 19.8 Å². The average Bonchev–Trinajstić information content (AvgIpc) is 2.48. The molecule has 0 bridgehead atoms. The van der Waals surface area contributed by atoms with Crippen LogP contribution in [0.5, 0.6) is 5.75 Å². The van der Waals surface area contributed by atoms with Gasteiger partial charge in [-0.3, -0.25) is 0 Å². The van der Waals surface area contributed by atoms with Gasteiger partial charge >= 0.3 is 6.09 Å². The fourth-order valence-corrected chi connectivity index (χ4v) is 1.86. The van der Waals surface area contributed by atoms with E-state index in [9.17, 15) is 4.79 Å². The van der Waals surface area contributed by atoms with E-state index in [1.807, 2.05) is 6.07 Å². The highest BCUT2D eigenvalue weighted by Gasteiger charge is 2.15. The lowest BCUT2D eigenvalue weighted by atomic mass is 10.1. The van der Waals surface area contributed by atoms with E-state index in [0.29, 0.717) is 30.7 Å². The molecule has 1 aromatic carbocycles. The second-order valence-corrected chi connectivity index (χ2v) is 6.04. The van der Waals surface area contributed by atoms with Crippen molar-refractivity contribution in [1.29, 1.82) is 5.26 Å². The number of nitriles is 1. The van der Waals surface area contributed by atoms with E-state index in [0.717, 1.165) is 5.56 Å². The third-order valence-electron chi connectivity index (χ3n) is 2.83. The van der Waals surface area contributed by atoms with E-state index in [1.54, 1.807) is 32.9 Å². The van der Waals surface area contributed by atoms with E-state index in [1.165, 1.54) is 0 Å². The lowest BCUT2D eigenvalue weighted by Crippen LogP contribution is -2.34. The zero-order valence-corrected chi connectivity index (χ0v) is 13.9. The largest absolute Gasteiger partial charge is 0.491 e. The quantitative estimate of drug-likeness (QED) is 0.753. The van der Waals surface area contributed by atoms with Crippen molar-refractivity contribution in [2.24, 2.45) is 0 Å². The Morgan fingerprint density at radius 2 is 2.13 bits per heavy atom. The molecular formula is C17H24N2O4. The molecule has 0 fully saturated rings. The SMILES string of the molecule is CC(C)(C)OC(=O)NCCOc1cc(C#N)ccc1CCCO. The fraction of sp³-hybridized carbons (Fsp3) is 0.529. The molecule has 0 saturated carbocycles. The van der Waals surface area contributed by atoms with Crippen molar-refractivity contribution in [2.45, 2.75) is 39.2 Å². The molecule has 0 spiro atoms. The first kappa shape index (κ1) is 18.8. The summed E-state index contributed by atoms with van der Waals surface area (Å²) in [5.41, 5.74) is 0.895. The number of ether oxygens (including phenoxy) is 2. The van der Waals surface area contributed by atoms with Gasteiger partial charge in [0.2, 0.25) is 0 Å². The number of nitrogens with zero attached hydrogens (tertiary/aromatic N) is 1. The van der Waals surface area contributed by atoms with Crippen molar-refractivity contribution in [1.82, 2.24) is 5.32 Å². The minimum absolute atomic E-state index is 0.0969. The molecule has 6 heteroatoms. The maximum atomic E-state index is 11.5. The number of hydrogen-bond donors (Lipinski definition) is 2. The van der Waals surface area contributed by atoms with E-state index >= 15 is 0 Å². The van der Waals surface area contributed by atoms with Gasteiger partial charge in [-0.15, -0.1) is 0 Å². The molecule has 0 unspecified atom stereocenters. The number of aliphatic hydroxyl groups is 1. The smallest absolute Gasteiger partial charge is 0.407 e. The van der Waals surface area contributed by atoms with Gasteiger partial charge in [0.05, 0.1) is 18.2 Å². The Kier molecular flexibility index (Phi) is 7.36. The van der Waals surface area contributed by atoms with Crippen molar-refractivity contribution in [3.63, 3.8) is 0 Å². The maximum absolute atomic E-state index is 11.5. The van der Waals surface area contributed by atoms with Gasteiger partial charge in [-0.2, -0.15) is 5.26 Å². The van der Waals surface area contributed by atoms with Crippen LogP contribution >= 0.6 is 0 Å². The van der Waals surface area contributed by atoms with Gasteiger partial charge in [0.1, 0.15) is 18.0 Å². The van der Waals surface area contributed by atoms with Crippen LogP contribution in [0.1, 0.15) is 38.3 Å². The number of rotatable bonds is 7. The Balaban J connectivity index is 2.52. The van der Waals surface area contributed by atoms with Crippen molar-refractivity contribution >= 4 is 6.09 Å². The van der Waals surface area contributed by atoms with Crippen LogP contribution in [0.2, 0.25) is 0 Å². The third-order valence-corrected chi connectivity index (χ3v) is 2.83. The Morgan fingerprint density at radius 3 is 2.74 bits per heavy atom. The first-order valence-corrected chi connectivity index (χ1v) is 7.59. The minimum atomic E-state index is -0.538. The molecule has 23 heavy (non-hydrogen) atoms. The summed E-state index contributed by atoms with van der Waals surface area (Å²) in [6.07, 6.45) is 0.794. The number of carbonyl (C=O) groups is 1. The van der Waals surface area contributed by atoms with Crippen LogP contribution in [0.15, 0.2) is 18.2 Å². The molecule has 1 rings (SSSR count). The Morgan fingerprint density at radius 1 is 1.39 bits per heavy atom. The van der Waals surface area contributed by atoms with Gasteiger partial charge in [0.25, 0.3) is 0 Å². The fourth-order valence-electron chi connectivity index (χ4n) is 1.86. The van der Waals surface area contributed by atoms with E-state index in [-0.39, 0.29) is 13.2 Å². The third kappa shape index (κ3) is 7.52. The van der Waals surface area contributed by atoms with Crippen LogP contribution in [-0.2, 0) is 11.2 Å². The van der Waals surface area contributed by atoms with Crippen LogP contribution < -0.4 is 10.1 Å². The summed E-state index contributed by atoms with van der Waals surface area (Å²) in [6, 6.07) is 7.28. The number of hydrogen-bond acceptors (Lipinski definition) is 5. The molecule has 0 saturated heterocycles. The molecule has 0 aliphatic carbocycles. The monoisotopic (exact) mass is 320 g/mol. The number of aryl methyl sites for hydroxylation is 1. The highest BCUT2D eigenvalue weighted by atomic mass is 16.6. The average molecular weight is 320 g/mol. The number of carbonyl (C=O) groups excluding carboxylic acids is 1. The van der Waals surface area contributed by atoms with Crippen LogP contribution in [0.4, 0.5) is 4.79 Å². The molecule has 0 aliphatic rings. The number of amides is 1. The number of benzene rings is 1. The predicted octanol–water partition coefficient (Wildman–Crippen LogP) is 2.39. The molecule has 6 nitrogen and oxygen atoms in total. The standard InChI is InChI=1S/C17H24N2O4/c1-17(2,3)23-16(21)19-8-10-22-15-11-13(12-18)6-7-14(15)5-4-9-20/h6-7,11,20H,4-5,8-10H2,1-3H3,(H,19,21). The van der Waals surface area contributed by atoms with Crippen LogP contribution in [0.3, 0.4) is 0 Å². The first-order chi connectivity index (χ1) is 10.9. The molecule has 1 amide bonds. The molecular weight excluding hydrogens is 296 g/mol. The van der Waals surface area contributed by atoms with Gasteiger partial charge < -0.3 is 19.9 Å². The summed E-state index contributed by atoms with van der Waals surface area (Å²) in [5, 5.41) is 20.5. The predicted molar refractivity (Wildman–Crippen MR) is 86.3 cm³/mol. The zero-order valence-electron chi connectivity index (χ0n) is 13.9. The summed E-state index contributed by atoms with van der Waals surface area (Å²) in [5.74, 6) is 0.600. The molecule has 126 valence electrons. The van der Waals surface area contributed by atoms with Gasteiger partial charge in [-0.05, 0) is 51.3 Å². The lowest BCUT2D eigenvalue weighted by molar-refractivity contribution is 0.0520. The summed E-state index contributed by atoms with van der Waals surface area (Å²) in [7, 11) is 0. The normalized spacial score (nSPS) is 10.7. The molecule has 0 radical (unpaired) electrons. The number of aliphatic hydroxyl groups excluding tert-OH is 1. The van der Waals surface area contributed by atoms with E-state index < -0.39 is 11.7 Å². The van der Waals surface area contributed by atoms with Gasteiger partial charge in [0.15, 0.2) is 0 Å². The number of nitrogens with one attached hydrogen (secondary N) is 1. The summed E-state index contributed by atoms with van der Waals surface area (Å²) < 4.78 is 10.8. The maximum Gasteiger partial charge on any atom is 0.407 e. The Bertz CT molecular complexity index is 559. The van der Waals surface area contributed by atoms with Gasteiger partial charge in [0, 0.05) is 6.61 Å². The van der Waals surface area contributed by atoms with Crippen LogP contribution in [0.25, 0.3) is 0 Å². The molecule has 2 N–H and O–H groups in total. The summed E-state index contributed by atoms with van der Waals surface area (Å²) >= 11 is 0. The molecule has 0 aliphatic heterocycles. The topological polar surface area (TPSA) is 91.6 Å². The second kappa shape index (κ2) is 9.01. The van der Waals surface area contributed by atoms with Crippen LogP contribution in [0, 0.1) is 11.3 Å². The van der Waals surface area contributed by atoms with Crippen molar-refractivity contribution < 1.29 is 19.4 Å². The second-order valence-electron chi connectivity index (χ2n) is 6.04. The van der Waals surface area contributed by atoms with Gasteiger partial charge in [-0.25, -0.2) is 4.79 Å². The first-order valence-electron chi connectivity index (χ1n) is 7.59. The van der Waals surface area contributed by atoms with Gasteiger partial charge in [-0.1, -0.05) is 6.07 Å².